The molecule has 3 aliphatic rings. The average Bonchev–Trinajstić information content (AvgIpc) is 3.76. The summed E-state index contributed by atoms with van der Waals surface area (Å²) in [6, 6.07) is 7.04. The largest absolute Gasteiger partial charge is 0.508 e. The number of halogens is 1. The number of amides is 2. The lowest BCUT2D eigenvalue weighted by Gasteiger charge is -2.27. The quantitative estimate of drug-likeness (QED) is 0.0670. The topological polar surface area (TPSA) is 181 Å². The third-order valence-corrected chi connectivity index (χ3v) is 8.56. The van der Waals surface area contributed by atoms with Crippen molar-refractivity contribution >= 4 is 47.5 Å². The highest BCUT2D eigenvalue weighted by molar-refractivity contribution is 6.17. The lowest BCUT2D eigenvalue weighted by atomic mass is 9.85. The van der Waals surface area contributed by atoms with Gasteiger partial charge in [0.05, 0.1) is 37.3 Å². The fraction of sp³-hybridized carbons (Fsp3) is 0.562. The zero-order chi connectivity index (χ0) is 34.4. The van der Waals surface area contributed by atoms with Crippen molar-refractivity contribution in [2.24, 2.45) is 22.7 Å². The number of hydrogen-bond donors (Lipinski definition) is 1. The minimum atomic E-state index is -1.65. The predicted octanol–water partition coefficient (Wildman–Crippen LogP) is 2.06. The lowest BCUT2D eigenvalue weighted by Crippen LogP contribution is -2.42. The summed E-state index contributed by atoms with van der Waals surface area (Å²) in [7, 11) is 0. The minimum Gasteiger partial charge on any atom is -0.465 e. The van der Waals surface area contributed by atoms with Gasteiger partial charge < -0.3 is 33.5 Å². The van der Waals surface area contributed by atoms with Crippen molar-refractivity contribution in [3.63, 3.8) is 0 Å². The Bertz CT molecular complexity index is 1370. The van der Waals surface area contributed by atoms with Crippen LogP contribution in [0.1, 0.15) is 38.3 Å². The van der Waals surface area contributed by atoms with Gasteiger partial charge in [0.25, 0.3) is 0 Å². The first-order valence-electron chi connectivity index (χ1n) is 15.0. The van der Waals surface area contributed by atoms with Crippen LogP contribution in [0.3, 0.4) is 0 Å². The van der Waals surface area contributed by atoms with Crippen LogP contribution in [0.25, 0.3) is 0 Å². The van der Waals surface area contributed by atoms with Gasteiger partial charge in [-0.2, -0.15) is 0 Å². The summed E-state index contributed by atoms with van der Waals surface area (Å²) in [5.74, 6) is -3.77. The molecule has 0 aromatic heterocycles. The number of likely N-dealkylation sites (tertiary alicyclic amines) is 1. The number of nitrogens with zero attached hydrogens (tertiary/aromatic N) is 1. The molecular weight excluding hydrogens is 642 g/mol. The Kier molecular flexibility index (Phi) is 11.6. The second-order valence-electron chi connectivity index (χ2n) is 12.2. The predicted molar refractivity (Wildman–Crippen MR) is 160 cm³/mol. The summed E-state index contributed by atoms with van der Waals surface area (Å²) < 4.78 is 31.4. The maximum Gasteiger partial charge on any atom is 0.508 e. The molecule has 6 unspecified atom stereocenters. The first-order chi connectivity index (χ1) is 22.3. The molecule has 2 saturated heterocycles. The van der Waals surface area contributed by atoms with E-state index in [0.717, 1.165) is 17.4 Å². The summed E-state index contributed by atoms with van der Waals surface area (Å²) in [6.07, 6.45) is 1.64. The van der Waals surface area contributed by atoms with E-state index in [9.17, 15) is 33.9 Å². The number of imide groups is 1. The first-order valence-corrected chi connectivity index (χ1v) is 15.6. The van der Waals surface area contributed by atoms with Gasteiger partial charge in [-0.1, -0.05) is 36.4 Å². The molecule has 1 aromatic rings. The van der Waals surface area contributed by atoms with Crippen molar-refractivity contribution in [3.05, 3.63) is 47.5 Å². The minimum absolute atomic E-state index is 0.0350. The number of carbonyl (C=O) groups is 6. The van der Waals surface area contributed by atoms with E-state index in [4.69, 9.17) is 40.0 Å². The molecule has 2 bridgehead atoms. The molecule has 3 aliphatic heterocycles. The molecule has 6 atom stereocenters. The number of ether oxygens (including phenoxy) is 6. The number of carbonyl (C=O) groups excluding carboxylic acids is 6. The Labute approximate surface area is 276 Å². The van der Waals surface area contributed by atoms with Gasteiger partial charge in [0.2, 0.25) is 11.8 Å². The number of aliphatic hydroxyl groups excluding tert-OH is 1. The standard InChI is InChI=1S/C32H38ClNO13/c1-19(36)44-17-32(3,29(40)42-12-4-11-34-26(37)24-22-9-10-23(47-22)25(24)27(34)38)18-46-30(41)45-16-31(2,15-35)28(39)43-14-21-7-5-20(13-33)6-8-21/h5-10,22-25,35H,4,11-18H2,1-3H3. The number of esters is 3. The van der Waals surface area contributed by atoms with Crippen LogP contribution in [0.2, 0.25) is 0 Å². The Morgan fingerprint density at radius 3 is 1.91 bits per heavy atom. The monoisotopic (exact) mass is 679 g/mol. The molecule has 4 rings (SSSR count). The first kappa shape index (κ1) is 35.8. The number of rotatable bonds is 16. The third-order valence-electron chi connectivity index (χ3n) is 8.25. The van der Waals surface area contributed by atoms with E-state index in [2.05, 4.69) is 0 Å². The molecule has 0 radical (unpaired) electrons. The molecule has 3 heterocycles. The molecule has 1 aromatic carbocycles. The van der Waals surface area contributed by atoms with E-state index in [1.165, 1.54) is 13.8 Å². The normalized spacial score (nSPS) is 23.5. The number of alkyl halides is 1. The van der Waals surface area contributed by atoms with E-state index in [0.29, 0.717) is 11.4 Å². The third kappa shape index (κ3) is 8.29. The fourth-order valence-corrected chi connectivity index (χ4v) is 5.44. The van der Waals surface area contributed by atoms with Crippen molar-refractivity contribution in [1.82, 2.24) is 4.90 Å². The van der Waals surface area contributed by atoms with E-state index in [1.807, 2.05) is 0 Å². The molecule has 0 saturated carbocycles. The van der Waals surface area contributed by atoms with Crippen LogP contribution in [-0.2, 0) is 64.9 Å². The van der Waals surface area contributed by atoms with Crippen molar-refractivity contribution in [2.75, 3.05) is 39.6 Å². The summed E-state index contributed by atoms with van der Waals surface area (Å²) in [4.78, 5) is 76.4. The van der Waals surface area contributed by atoms with Gasteiger partial charge in [0, 0.05) is 19.3 Å². The van der Waals surface area contributed by atoms with E-state index in [1.54, 1.807) is 36.4 Å². The Hall–Kier alpha value is -4.01. The highest BCUT2D eigenvalue weighted by Gasteiger charge is 2.60. The summed E-state index contributed by atoms with van der Waals surface area (Å²) in [5.41, 5.74) is -1.69. The van der Waals surface area contributed by atoms with Gasteiger partial charge in [-0.05, 0) is 31.4 Å². The zero-order valence-corrected chi connectivity index (χ0v) is 27.1. The van der Waals surface area contributed by atoms with Crippen molar-refractivity contribution in [3.8, 4) is 0 Å². The maximum absolute atomic E-state index is 13.0. The van der Waals surface area contributed by atoms with E-state index >= 15 is 0 Å². The van der Waals surface area contributed by atoms with Crippen molar-refractivity contribution in [2.45, 2.75) is 51.9 Å². The van der Waals surface area contributed by atoms with Crippen molar-refractivity contribution in [1.29, 1.82) is 0 Å². The van der Waals surface area contributed by atoms with Gasteiger partial charge in [-0.15, -0.1) is 11.6 Å². The molecule has 1 N–H and O–H groups in total. The Morgan fingerprint density at radius 2 is 1.36 bits per heavy atom. The van der Waals surface area contributed by atoms with E-state index < -0.39 is 85.4 Å². The summed E-state index contributed by atoms with van der Waals surface area (Å²) in [6.45, 7) is 1.16. The number of fused-ring (bicyclic) bond motifs is 5. The van der Waals surface area contributed by atoms with Crippen LogP contribution in [0.15, 0.2) is 36.4 Å². The fourth-order valence-electron chi connectivity index (χ4n) is 5.26. The molecule has 0 spiro atoms. The van der Waals surface area contributed by atoms with Crippen LogP contribution in [0.5, 0.6) is 0 Å². The number of benzene rings is 1. The Balaban J connectivity index is 1.23. The molecule has 0 aliphatic carbocycles. The molecule has 15 heteroatoms. The maximum atomic E-state index is 13.0. The van der Waals surface area contributed by atoms with Crippen LogP contribution in [0, 0.1) is 22.7 Å². The zero-order valence-electron chi connectivity index (χ0n) is 26.3. The summed E-state index contributed by atoms with van der Waals surface area (Å²) in [5, 5.41) is 9.85. The molecule has 256 valence electrons. The van der Waals surface area contributed by atoms with Gasteiger partial charge in [-0.25, -0.2) is 4.79 Å². The SMILES string of the molecule is CC(=O)OCC(C)(COC(=O)OCC(C)(CO)C(=O)OCc1ccc(CCl)cc1)C(=O)OCCCN1C(=O)C2C3C=CC(O3)C2C1=O. The molecule has 2 fully saturated rings. The summed E-state index contributed by atoms with van der Waals surface area (Å²) >= 11 is 5.78. The molecule has 2 amide bonds. The van der Waals surface area contributed by atoms with Gasteiger partial charge in [0.15, 0.2) is 0 Å². The van der Waals surface area contributed by atoms with Gasteiger partial charge in [-0.3, -0.25) is 28.9 Å². The molecule has 47 heavy (non-hydrogen) atoms. The van der Waals surface area contributed by atoms with Crippen LogP contribution < -0.4 is 0 Å². The van der Waals surface area contributed by atoms with Crippen LogP contribution in [0.4, 0.5) is 4.79 Å². The van der Waals surface area contributed by atoms with Crippen LogP contribution >= 0.6 is 11.6 Å². The van der Waals surface area contributed by atoms with Crippen molar-refractivity contribution < 1.29 is 62.3 Å². The second kappa shape index (κ2) is 15.3. The van der Waals surface area contributed by atoms with Gasteiger partial charge in [0.1, 0.15) is 37.3 Å². The lowest BCUT2D eigenvalue weighted by molar-refractivity contribution is -0.165. The second-order valence-corrected chi connectivity index (χ2v) is 12.5. The average molecular weight is 680 g/mol. The Morgan fingerprint density at radius 1 is 0.830 bits per heavy atom. The number of hydrogen-bond acceptors (Lipinski definition) is 13. The number of aliphatic hydroxyl groups is 1. The molecule has 14 nitrogen and oxygen atoms in total. The van der Waals surface area contributed by atoms with Crippen LogP contribution in [-0.4, -0.2) is 97.7 Å². The highest BCUT2D eigenvalue weighted by atomic mass is 35.5. The van der Waals surface area contributed by atoms with Gasteiger partial charge >= 0.3 is 24.1 Å². The molecular formula is C32H38ClNO13. The highest BCUT2D eigenvalue weighted by Crippen LogP contribution is 2.45. The smallest absolute Gasteiger partial charge is 0.465 e. The van der Waals surface area contributed by atoms with E-state index in [-0.39, 0.29) is 38.0 Å².